The van der Waals surface area contributed by atoms with E-state index in [0.717, 1.165) is 5.39 Å². The third-order valence-electron chi connectivity index (χ3n) is 3.72. The lowest BCUT2D eigenvalue weighted by molar-refractivity contribution is 0.174. The molecule has 5 heteroatoms. The summed E-state index contributed by atoms with van der Waals surface area (Å²) < 4.78 is 21.9. The topological polar surface area (TPSA) is 61.8 Å². The van der Waals surface area contributed by atoms with Gasteiger partial charge in [0.05, 0.1) is 5.39 Å². The zero-order chi connectivity index (χ0) is 14.0. The van der Waals surface area contributed by atoms with Crippen molar-refractivity contribution in [3.05, 3.63) is 46.8 Å². The van der Waals surface area contributed by atoms with Gasteiger partial charge in [-0.1, -0.05) is 12.1 Å². The minimum Gasteiger partial charge on any atom is -0.455 e. The molecule has 102 valence electrons. The molecular formula is C16H8O5. The first kappa shape index (κ1) is 10.8. The van der Waals surface area contributed by atoms with E-state index < -0.39 is 5.63 Å². The van der Waals surface area contributed by atoms with Gasteiger partial charge in [-0.25, -0.2) is 4.79 Å². The highest BCUT2D eigenvalue weighted by Crippen LogP contribution is 2.40. The van der Waals surface area contributed by atoms with Crippen molar-refractivity contribution < 1.29 is 18.3 Å². The molecule has 2 aromatic heterocycles. The average Bonchev–Trinajstić information content (AvgIpc) is 3.08. The third-order valence-corrected chi connectivity index (χ3v) is 3.72. The second-order valence-electron chi connectivity index (χ2n) is 4.89. The van der Waals surface area contributed by atoms with E-state index in [0.29, 0.717) is 39.0 Å². The molecule has 0 bridgehead atoms. The Morgan fingerprint density at radius 1 is 0.857 bits per heavy atom. The van der Waals surface area contributed by atoms with Gasteiger partial charge in [0.15, 0.2) is 17.1 Å². The van der Waals surface area contributed by atoms with Gasteiger partial charge in [-0.2, -0.15) is 0 Å². The Balaban J connectivity index is 2.05. The number of ether oxygens (including phenoxy) is 2. The predicted molar refractivity (Wildman–Crippen MR) is 75.9 cm³/mol. The van der Waals surface area contributed by atoms with E-state index in [1.807, 2.05) is 18.2 Å². The van der Waals surface area contributed by atoms with E-state index in [9.17, 15) is 4.79 Å². The van der Waals surface area contributed by atoms with Crippen molar-refractivity contribution in [1.29, 1.82) is 0 Å². The highest BCUT2D eigenvalue weighted by molar-refractivity contribution is 6.13. The third kappa shape index (κ3) is 1.32. The Morgan fingerprint density at radius 2 is 1.67 bits per heavy atom. The van der Waals surface area contributed by atoms with Gasteiger partial charge in [0, 0.05) is 11.5 Å². The molecule has 0 unspecified atom stereocenters. The predicted octanol–water partition coefficient (Wildman–Crippen LogP) is 3.42. The first-order valence-electron chi connectivity index (χ1n) is 6.49. The van der Waals surface area contributed by atoms with Crippen LogP contribution >= 0.6 is 0 Å². The maximum Gasteiger partial charge on any atom is 0.348 e. The highest BCUT2D eigenvalue weighted by Gasteiger charge is 2.21. The van der Waals surface area contributed by atoms with Crippen LogP contribution in [0.3, 0.4) is 0 Å². The minimum atomic E-state index is -0.415. The summed E-state index contributed by atoms with van der Waals surface area (Å²) in [6.45, 7) is 0.178. The Bertz CT molecular complexity index is 1090. The van der Waals surface area contributed by atoms with E-state index in [2.05, 4.69) is 0 Å². The number of para-hydroxylation sites is 1. The second-order valence-corrected chi connectivity index (χ2v) is 4.89. The lowest BCUT2D eigenvalue weighted by Crippen LogP contribution is -1.97. The van der Waals surface area contributed by atoms with E-state index in [1.165, 1.54) is 0 Å². The summed E-state index contributed by atoms with van der Waals surface area (Å²) >= 11 is 0. The maximum absolute atomic E-state index is 12.3. The first-order valence-corrected chi connectivity index (χ1v) is 6.49. The molecule has 21 heavy (non-hydrogen) atoms. The molecule has 5 nitrogen and oxygen atoms in total. The fraction of sp³-hybridized carbons (Fsp3) is 0.0625. The molecule has 0 aliphatic carbocycles. The van der Waals surface area contributed by atoms with Crippen LogP contribution < -0.4 is 15.1 Å². The molecule has 0 fully saturated rings. The summed E-state index contributed by atoms with van der Waals surface area (Å²) in [5.74, 6) is 1.23. The summed E-state index contributed by atoms with van der Waals surface area (Å²) in [4.78, 5) is 12.3. The number of rotatable bonds is 0. The first-order chi connectivity index (χ1) is 10.3. The van der Waals surface area contributed by atoms with Crippen LogP contribution in [0.2, 0.25) is 0 Å². The lowest BCUT2D eigenvalue weighted by Gasteiger charge is -1.96. The van der Waals surface area contributed by atoms with Crippen molar-refractivity contribution in [2.45, 2.75) is 0 Å². The molecule has 0 saturated carbocycles. The standard InChI is InChI=1S/C16H8O5/c17-16-14-9-5-12-13(19-7-18-12)6-11(9)20-15(14)8-3-1-2-4-10(8)21-16/h1-6H,7H2. The number of hydrogen-bond acceptors (Lipinski definition) is 5. The maximum atomic E-state index is 12.3. The Hall–Kier alpha value is -2.95. The lowest BCUT2D eigenvalue weighted by atomic mass is 10.1. The van der Waals surface area contributed by atoms with Crippen LogP contribution in [0.1, 0.15) is 0 Å². The van der Waals surface area contributed by atoms with E-state index in [4.69, 9.17) is 18.3 Å². The molecule has 0 N–H and O–H groups in total. The Kier molecular flexibility index (Phi) is 1.84. The number of furan rings is 1. The van der Waals surface area contributed by atoms with Gasteiger partial charge < -0.3 is 18.3 Å². The average molecular weight is 280 g/mol. The van der Waals surface area contributed by atoms with Gasteiger partial charge >= 0.3 is 5.63 Å². The van der Waals surface area contributed by atoms with Crippen LogP contribution in [-0.2, 0) is 0 Å². The van der Waals surface area contributed by atoms with Crippen LogP contribution in [0.15, 0.2) is 50.0 Å². The fourth-order valence-electron chi connectivity index (χ4n) is 2.77. The van der Waals surface area contributed by atoms with Crippen LogP contribution in [0.25, 0.3) is 32.9 Å². The second kappa shape index (κ2) is 3.58. The van der Waals surface area contributed by atoms with Gasteiger partial charge in [0.1, 0.15) is 16.6 Å². The molecule has 0 radical (unpaired) electrons. The summed E-state index contributed by atoms with van der Waals surface area (Å²) in [5, 5.41) is 1.88. The number of benzene rings is 2. The van der Waals surface area contributed by atoms with Gasteiger partial charge in [-0.15, -0.1) is 0 Å². The van der Waals surface area contributed by atoms with E-state index in [1.54, 1.807) is 18.2 Å². The molecule has 5 rings (SSSR count). The zero-order valence-electron chi connectivity index (χ0n) is 10.7. The molecule has 3 heterocycles. The smallest absolute Gasteiger partial charge is 0.348 e. The molecular weight excluding hydrogens is 272 g/mol. The molecule has 1 aliphatic heterocycles. The van der Waals surface area contributed by atoms with Gasteiger partial charge in [-0.05, 0) is 18.2 Å². The Labute approximate surface area is 117 Å². The molecule has 1 aliphatic rings. The Morgan fingerprint density at radius 3 is 2.57 bits per heavy atom. The molecule has 2 aromatic carbocycles. The normalized spacial score (nSPS) is 13.5. The summed E-state index contributed by atoms with van der Waals surface area (Å²) in [5.41, 5.74) is 1.20. The van der Waals surface area contributed by atoms with Gasteiger partial charge in [-0.3, -0.25) is 0 Å². The molecule has 0 amide bonds. The van der Waals surface area contributed by atoms with Crippen molar-refractivity contribution in [1.82, 2.24) is 0 Å². The molecule has 0 spiro atoms. The summed E-state index contributed by atoms with van der Waals surface area (Å²) in [7, 11) is 0. The molecule has 4 aromatic rings. The van der Waals surface area contributed by atoms with Gasteiger partial charge in [0.2, 0.25) is 6.79 Å². The van der Waals surface area contributed by atoms with Crippen molar-refractivity contribution in [3.63, 3.8) is 0 Å². The van der Waals surface area contributed by atoms with Crippen LogP contribution in [0.5, 0.6) is 11.5 Å². The van der Waals surface area contributed by atoms with Crippen molar-refractivity contribution in [2.24, 2.45) is 0 Å². The zero-order valence-corrected chi connectivity index (χ0v) is 10.7. The quantitative estimate of drug-likeness (QED) is 0.462. The van der Waals surface area contributed by atoms with Crippen LogP contribution in [0.4, 0.5) is 0 Å². The minimum absolute atomic E-state index is 0.178. The van der Waals surface area contributed by atoms with E-state index >= 15 is 0 Å². The van der Waals surface area contributed by atoms with Crippen molar-refractivity contribution >= 4 is 32.9 Å². The number of hydrogen-bond donors (Lipinski definition) is 0. The SMILES string of the molecule is O=c1oc2ccccc2c2oc3cc4c(cc3c12)OCO4. The van der Waals surface area contributed by atoms with E-state index in [-0.39, 0.29) is 6.79 Å². The van der Waals surface area contributed by atoms with Crippen LogP contribution in [-0.4, -0.2) is 6.79 Å². The monoisotopic (exact) mass is 280 g/mol. The highest BCUT2D eigenvalue weighted by atomic mass is 16.7. The van der Waals surface area contributed by atoms with Crippen LogP contribution in [0, 0.1) is 0 Å². The van der Waals surface area contributed by atoms with Crippen molar-refractivity contribution in [3.8, 4) is 11.5 Å². The van der Waals surface area contributed by atoms with Crippen molar-refractivity contribution in [2.75, 3.05) is 6.79 Å². The summed E-state index contributed by atoms with van der Waals surface area (Å²) in [6, 6.07) is 10.8. The summed E-state index contributed by atoms with van der Waals surface area (Å²) in [6.07, 6.45) is 0. The largest absolute Gasteiger partial charge is 0.455 e. The number of fused-ring (bicyclic) bond motifs is 6. The molecule has 0 atom stereocenters. The molecule has 0 saturated heterocycles. The fourth-order valence-corrected chi connectivity index (χ4v) is 2.77. The van der Waals surface area contributed by atoms with Gasteiger partial charge in [0.25, 0.3) is 0 Å².